The van der Waals surface area contributed by atoms with E-state index in [0.29, 0.717) is 11.5 Å². The van der Waals surface area contributed by atoms with Crippen molar-refractivity contribution in [1.82, 2.24) is 5.32 Å². The van der Waals surface area contributed by atoms with Crippen LogP contribution >= 0.6 is 0 Å². The van der Waals surface area contributed by atoms with Gasteiger partial charge in [-0.3, -0.25) is 9.59 Å². The number of carbonyl (C=O) groups excluding carboxylic acids is 2. The smallest absolute Gasteiger partial charge is 0.245 e. The molecule has 0 unspecified atom stereocenters. The van der Waals surface area contributed by atoms with Crippen molar-refractivity contribution in [3.8, 4) is 17.6 Å². The van der Waals surface area contributed by atoms with Crippen LogP contribution in [0.15, 0.2) is 12.1 Å². The molecule has 6 nitrogen and oxygen atoms in total. The van der Waals surface area contributed by atoms with Crippen LogP contribution in [0.25, 0.3) is 0 Å². The Hall–Kier alpha value is -2.55. The quantitative estimate of drug-likeness (QED) is 0.642. The van der Waals surface area contributed by atoms with Gasteiger partial charge in [-0.2, -0.15) is 5.26 Å². The molecule has 0 heterocycles. The lowest BCUT2D eigenvalue weighted by atomic mass is 9.96. The lowest BCUT2D eigenvalue weighted by Gasteiger charge is -2.13. The Kier molecular flexibility index (Phi) is 5.09. The number of amides is 1. The molecule has 1 atom stereocenters. The molecule has 0 radical (unpaired) electrons. The number of carbonyl (C=O) groups is 2. The average Bonchev–Trinajstić information content (AvgIpc) is 2.47. The summed E-state index contributed by atoms with van der Waals surface area (Å²) in [6.07, 6.45) is 0. The highest BCUT2D eigenvalue weighted by molar-refractivity contribution is 6.12. The van der Waals surface area contributed by atoms with Crippen molar-refractivity contribution in [2.75, 3.05) is 21.3 Å². The van der Waals surface area contributed by atoms with Gasteiger partial charge in [-0.1, -0.05) is 0 Å². The minimum atomic E-state index is -1.39. The number of rotatable bonds is 5. The maximum Gasteiger partial charge on any atom is 0.245 e. The summed E-state index contributed by atoms with van der Waals surface area (Å²) in [7, 11) is 4.31. The number of nitrogens with one attached hydrogen (secondary N) is 1. The maximum atomic E-state index is 12.2. The molecule has 6 heteroatoms. The van der Waals surface area contributed by atoms with E-state index in [1.54, 1.807) is 13.0 Å². The molecule has 1 aromatic carbocycles. The third-order valence-electron chi connectivity index (χ3n) is 2.94. The van der Waals surface area contributed by atoms with Crippen molar-refractivity contribution < 1.29 is 19.1 Å². The monoisotopic (exact) mass is 276 g/mol. The van der Waals surface area contributed by atoms with Gasteiger partial charge >= 0.3 is 0 Å². The van der Waals surface area contributed by atoms with Crippen molar-refractivity contribution in [3.05, 3.63) is 23.3 Å². The zero-order valence-electron chi connectivity index (χ0n) is 11.8. The number of hydrogen-bond donors (Lipinski definition) is 1. The Morgan fingerprint density at radius 1 is 1.25 bits per heavy atom. The second-order valence-corrected chi connectivity index (χ2v) is 4.05. The topological polar surface area (TPSA) is 88.4 Å². The van der Waals surface area contributed by atoms with Crippen molar-refractivity contribution in [1.29, 1.82) is 5.26 Å². The largest absolute Gasteiger partial charge is 0.496 e. The van der Waals surface area contributed by atoms with Gasteiger partial charge in [0.15, 0.2) is 11.7 Å². The Bertz CT molecular complexity index is 550. The van der Waals surface area contributed by atoms with Crippen molar-refractivity contribution >= 4 is 11.7 Å². The van der Waals surface area contributed by atoms with Gasteiger partial charge in [-0.15, -0.1) is 0 Å². The van der Waals surface area contributed by atoms with E-state index in [2.05, 4.69) is 5.32 Å². The first-order chi connectivity index (χ1) is 9.49. The summed E-state index contributed by atoms with van der Waals surface area (Å²) in [5.74, 6) is -1.71. The van der Waals surface area contributed by atoms with Crippen LogP contribution in [0.3, 0.4) is 0 Å². The van der Waals surface area contributed by atoms with Crippen LogP contribution in [0.1, 0.15) is 15.9 Å². The molecule has 20 heavy (non-hydrogen) atoms. The number of ether oxygens (including phenoxy) is 2. The van der Waals surface area contributed by atoms with E-state index in [9.17, 15) is 9.59 Å². The Morgan fingerprint density at radius 3 is 2.10 bits per heavy atom. The lowest BCUT2D eigenvalue weighted by Crippen LogP contribution is -2.32. The molecule has 0 aliphatic rings. The fraction of sp³-hybridized carbons (Fsp3) is 0.357. The summed E-state index contributed by atoms with van der Waals surface area (Å²) in [5, 5.41) is 11.3. The van der Waals surface area contributed by atoms with E-state index in [1.165, 1.54) is 33.4 Å². The summed E-state index contributed by atoms with van der Waals surface area (Å²) in [6, 6.07) is 4.68. The zero-order valence-corrected chi connectivity index (χ0v) is 11.8. The Labute approximate surface area is 117 Å². The van der Waals surface area contributed by atoms with E-state index in [0.717, 1.165) is 5.56 Å². The van der Waals surface area contributed by atoms with Crippen molar-refractivity contribution in [3.63, 3.8) is 0 Å². The molecule has 106 valence electrons. The van der Waals surface area contributed by atoms with Crippen LogP contribution in [0.5, 0.6) is 11.5 Å². The van der Waals surface area contributed by atoms with Gasteiger partial charge in [0.1, 0.15) is 11.5 Å². The first kappa shape index (κ1) is 15.5. The van der Waals surface area contributed by atoms with Gasteiger partial charge in [-0.05, 0) is 19.1 Å². The van der Waals surface area contributed by atoms with Gasteiger partial charge in [0.2, 0.25) is 5.91 Å². The number of nitrogens with zero attached hydrogens (tertiary/aromatic N) is 1. The van der Waals surface area contributed by atoms with Crippen LogP contribution in [0, 0.1) is 24.2 Å². The van der Waals surface area contributed by atoms with Crippen LogP contribution < -0.4 is 14.8 Å². The first-order valence-corrected chi connectivity index (χ1v) is 5.88. The van der Waals surface area contributed by atoms with Crippen LogP contribution in [0.4, 0.5) is 0 Å². The van der Waals surface area contributed by atoms with Crippen LogP contribution in [-0.4, -0.2) is 33.0 Å². The molecule has 0 bridgehead atoms. The highest BCUT2D eigenvalue weighted by Crippen LogP contribution is 2.30. The fourth-order valence-electron chi connectivity index (χ4n) is 1.78. The van der Waals surface area contributed by atoms with Gasteiger partial charge in [-0.25, -0.2) is 0 Å². The molecule has 0 saturated carbocycles. The molecule has 1 amide bonds. The minimum Gasteiger partial charge on any atom is -0.496 e. The van der Waals surface area contributed by atoms with Crippen LogP contribution in [0.2, 0.25) is 0 Å². The highest BCUT2D eigenvalue weighted by Gasteiger charge is 2.28. The van der Waals surface area contributed by atoms with Crippen LogP contribution in [-0.2, 0) is 4.79 Å². The normalized spacial score (nSPS) is 11.2. The number of nitriles is 1. The molecule has 0 aliphatic heterocycles. The number of ketones is 1. The molecule has 0 fully saturated rings. The SMILES string of the molecule is CNC(=O)[C@H](C#N)C(=O)c1cc(OC)c(C)c(OC)c1. The third kappa shape index (κ3) is 2.88. The van der Waals surface area contributed by atoms with Crippen molar-refractivity contribution in [2.45, 2.75) is 6.92 Å². The number of hydrogen-bond acceptors (Lipinski definition) is 5. The van der Waals surface area contributed by atoms with E-state index in [1.807, 2.05) is 0 Å². The second kappa shape index (κ2) is 6.57. The third-order valence-corrected chi connectivity index (χ3v) is 2.94. The summed E-state index contributed by atoms with van der Waals surface area (Å²) in [5.41, 5.74) is 0.930. The molecule has 1 N–H and O–H groups in total. The molecular formula is C14H16N2O4. The summed E-state index contributed by atoms with van der Waals surface area (Å²) < 4.78 is 10.3. The van der Waals surface area contributed by atoms with Gasteiger partial charge < -0.3 is 14.8 Å². The van der Waals surface area contributed by atoms with E-state index in [-0.39, 0.29) is 5.56 Å². The number of methoxy groups -OCH3 is 2. The summed E-state index contributed by atoms with van der Waals surface area (Å²) >= 11 is 0. The van der Waals surface area contributed by atoms with Gasteiger partial charge in [0.05, 0.1) is 20.3 Å². The zero-order chi connectivity index (χ0) is 15.3. The Balaban J connectivity index is 3.29. The minimum absolute atomic E-state index is 0.194. The van der Waals surface area contributed by atoms with E-state index < -0.39 is 17.6 Å². The Morgan fingerprint density at radius 2 is 1.75 bits per heavy atom. The predicted molar refractivity (Wildman–Crippen MR) is 71.8 cm³/mol. The van der Waals surface area contributed by atoms with Gasteiger partial charge in [0, 0.05) is 18.2 Å². The fourth-order valence-corrected chi connectivity index (χ4v) is 1.78. The lowest BCUT2D eigenvalue weighted by molar-refractivity contribution is -0.121. The molecular weight excluding hydrogens is 260 g/mol. The summed E-state index contributed by atoms with van der Waals surface area (Å²) in [4.78, 5) is 23.7. The number of benzene rings is 1. The molecule has 1 aromatic rings. The van der Waals surface area contributed by atoms with E-state index >= 15 is 0 Å². The van der Waals surface area contributed by atoms with E-state index in [4.69, 9.17) is 14.7 Å². The standard InChI is InChI=1S/C14H16N2O4/c1-8-11(19-3)5-9(6-12(8)20-4)13(17)10(7-15)14(18)16-2/h5-6,10H,1-4H3,(H,16,18)/t10-/m1/s1. The summed E-state index contributed by atoms with van der Waals surface area (Å²) in [6.45, 7) is 1.78. The van der Waals surface area contributed by atoms with Crippen molar-refractivity contribution in [2.24, 2.45) is 5.92 Å². The molecule has 1 rings (SSSR count). The molecule has 0 saturated heterocycles. The predicted octanol–water partition coefficient (Wildman–Crippen LogP) is 1.08. The average molecular weight is 276 g/mol. The van der Waals surface area contributed by atoms with Gasteiger partial charge in [0.25, 0.3) is 0 Å². The molecule has 0 aliphatic carbocycles. The molecule has 0 aromatic heterocycles. The second-order valence-electron chi connectivity index (χ2n) is 4.05. The highest BCUT2D eigenvalue weighted by atomic mass is 16.5. The first-order valence-electron chi connectivity index (χ1n) is 5.88. The number of Topliss-reactive ketones (excluding diaryl/α,β-unsaturated/α-hetero) is 1. The molecule has 0 spiro atoms. The maximum absolute atomic E-state index is 12.2.